The summed E-state index contributed by atoms with van der Waals surface area (Å²) in [6.07, 6.45) is 5.38. The van der Waals surface area contributed by atoms with Crippen LogP contribution in [0.15, 0.2) is 18.2 Å². The molecular formula is C15H22N2. The zero-order valence-corrected chi connectivity index (χ0v) is 10.5. The lowest BCUT2D eigenvalue weighted by molar-refractivity contribution is 0.220. The Labute approximate surface area is 104 Å². The molecule has 1 aromatic carbocycles. The second kappa shape index (κ2) is 5.19. The van der Waals surface area contributed by atoms with Crippen LogP contribution in [-0.4, -0.2) is 24.5 Å². The third-order valence-electron chi connectivity index (χ3n) is 4.09. The molecule has 0 unspecified atom stereocenters. The lowest BCUT2D eigenvalue weighted by atomic mass is 9.95. The summed E-state index contributed by atoms with van der Waals surface area (Å²) in [5.41, 5.74) is 4.69. The molecule has 2 aliphatic heterocycles. The highest BCUT2D eigenvalue weighted by Crippen LogP contribution is 2.21. The van der Waals surface area contributed by atoms with Crippen molar-refractivity contribution >= 4 is 0 Å². The smallest absolute Gasteiger partial charge is 0.0237 e. The van der Waals surface area contributed by atoms with Crippen molar-refractivity contribution in [3.05, 3.63) is 34.9 Å². The molecule has 1 aromatic rings. The van der Waals surface area contributed by atoms with E-state index < -0.39 is 0 Å². The maximum Gasteiger partial charge on any atom is 0.0237 e. The molecule has 0 amide bonds. The van der Waals surface area contributed by atoms with E-state index in [-0.39, 0.29) is 0 Å². The minimum absolute atomic E-state index is 1.07. The molecule has 2 nitrogen and oxygen atoms in total. The number of fused-ring (bicyclic) bond motifs is 1. The number of hydrogen-bond acceptors (Lipinski definition) is 2. The molecule has 1 saturated heterocycles. The van der Waals surface area contributed by atoms with Crippen LogP contribution in [0.3, 0.4) is 0 Å². The highest BCUT2D eigenvalue weighted by atomic mass is 15.1. The molecular weight excluding hydrogens is 208 g/mol. The fraction of sp³-hybridized carbons (Fsp3) is 0.600. The van der Waals surface area contributed by atoms with Crippen LogP contribution in [0.1, 0.15) is 36.0 Å². The van der Waals surface area contributed by atoms with Gasteiger partial charge < -0.3 is 5.32 Å². The van der Waals surface area contributed by atoms with E-state index in [4.69, 9.17) is 0 Å². The quantitative estimate of drug-likeness (QED) is 0.839. The molecule has 0 atom stereocenters. The number of rotatable bonds is 2. The van der Waals surface area contributed by atoms with Crippen molar-refractivity contribution in [2.75, 3.05) is 19.6 Å². The van der Waals surface area contributed by atoms with Crippen molar-refractivity contribution in [2.24, 2.45) is 0 Å². The van der Waals surface area contributed by atoms with Gasteiger partial charge in [0, 0.05) is 13.1 Å². The fourth-order valence-corrected chi connectivity index (χ4v) is 3.09. The molecule has 1 N–H and O–H groups in total. The molecule has 0 spiro atoms. The minimum atomic E-state index is 1.07. The van der Waals surface area contributed by atoms with E-state index in [9.17, 15) is 0 Å². The fourth-order valence-electron chi connectivity index (χ4n) is 3.09. The van der Waals surface area contributed by atoms with E-state index >= 15 is 0 Å². The summed E-state index contributed by atoms with van der Waals surface area (Å²) in [7, 11) is 0. The van der Waals surface area contributed by atoms with Crippen LogP contribution in [-0.2, 0) is 19.5 Å². The summed E-state index contributed by atoms with van der Waals surface area (Å²) in [5.74, 6) is 0. The van der Waals surface area contributed by atoms with Gasteiger partial charge >= 0.3 is 0 Å². The first kappa shape index (κ1) is 11.2. The van der Waals surface area contributed by atoms with E-state index in [1.165, 1.54) is 38.8 Å². The minimum Gasteiger partial charge on any atom is -0.312 e. The molecule has 0 bridgehead atoms. The van der Waals surface area contributed by atoms with Crippen LogP contribution >= 0.6 is 0 Å². The zero-order chi connectivity index (χ0) is 11.5. The van der Waals surface area contributed by atoms with Gasteiger partial charge in [0.25, 0.3) is 0 Å². The van der Waals surface area contributed by atoms with Gasteiger partial charge in [0.2, 0.25) is 0 Å². The second-order valence-corrected chi connectivity index (χ2v) is 5.32. The Balaban J connectivity index is 1.77. The zero-order valence-electron chi connectivity index (χ0n) is 10.5. The lowest BCUT2D eigenvalue weighted by Crippen LogP contribution is -2.31. The van der Waals surface area contributed by atoms with Crippen molar-refractivity contribution in [2.45, 2.75) is 38.8 Å². The van der Waals surface area contributed by atoms with Crippen molar-refractivity contribution in [3.8, 4) is 0 Å². The van der Waals surface area contributed by atoms with Crippen LogP contribution in [0.2, 0.25) is 0 Å². The second-order valence-electron chi connectivity index (χ2n) is 5.32. The van der Waals surface area contributed by atoms with Crippen LogP contribution < -0.4 is 5.32 Å². The highest BCUT2D eigenvalue weighted by molar-refractivity contribution is 5.36. The van der Waals surface area contributed by atoms with Crippen molar-refractivity contribution in [1.29, 1.82) is 0 Å². The van der Waals surface area contributed by atoms with Crippen LogP contribution in [0, 0.1) is 0 Å². The molecule has 0 aromatic heterocycles. The SMILES string of the molecule is c1cc2c(c(CN3CCCCC3)c1)CNCC2. The molecule has 1 fully saturated rings. The molecule has 92 valence electrons. The van der Waals surface area contributed by atoms with E-state index in [1.54, 1.807) is 16.7 Å². The maximum atomic E-state index is 3.50. The number of piperidine rings is 1. The van der Waals surface area contributed by atoms with Crippen molar-refractivity contribution < 1.29 is 0 Å². The van der Waals surface area contributed by atoms with Gasteiger partial charge in [-0.05, 0) is 55.6 Å². The van der Waals surface area contributed by atoms with Gasteiger partial charge in [-0.3, -0.25) is 4.90 Å². The standard InChI is InChI=1S/C15H22N2/c1-2-9-17(10-3-1)12-14-6-4-5-13-7-8-16-11-15(13)14/h4-6,16H,1-3,7-12H2. The Bertz CT molecular complexity index is 381. The summed E-state index contributed by atoms with van der Waals surface area (Å²) in [6.45, 7) is 5.94. The largest absolute Gasteiger partial charge is 0.312 e. The molecule has 3 rings (SSSR count). The lowest BCUT2D eigenvalue weighted by Gasteiger charge is -2.29. The van der Waals surface area contributed by atoms with Gasteiger partial charge in [-0.2, -0.15) is 0 Å². The Morgan fingerprint density at radius 2 is 2.00 bits per heavy atom. The number of likely N-dealkylation sites (tertiary alicyclic amines) is 1. The van der Waals surface area contributed by atoms with Gasteiger partial charge in [0.1, 0.15) is 0 Å². The topological polar surface area (TPSA) is 15.3 Å². The summed E-state index contributed by atoms with van der Waals surface area (Å²) in [4.78, 5) is 2.62. The predicted molar refractivity (Wildman–Crippen MR) is 71.0 cm³/mol. The number of nitrogens with one attached hydrogen (secondary N) is 1. The monoisotopic (exact) mass is 230 g/mol. The van der Waals surface area contributed by atoms with E-state index in [1.807, 2.05) is 0 Å². The van der Waals surface area contributed by atoms with Crippen molar-refractivity contribution in [3.63, 3.8) is 0 Å². The average molecular weight is 230 g/mol. The third-order valence-corrected chi connectivity index (χ3v) is 4.09. The molecule has 2 heterocycles. The van der Waals surface area contributed by atoms with E-state index in [0.29, 0.717) is 0 Å². The van der Waals surface area contributed by atoms with Crippen LogP contribution in [0.25, 0.3) is 0 Å². The first-order chi connectivity index (χ1) is 8.43. The molecule has 2 heteroatoms. The average Bonchev–Trinajstić information content (AvgIpc) is 2.40. The van der Waals surface area contributed by atoms with Crippen LogP contribution in [0.4, 0.5) is 0 Å². The number of hydrogen-bond donors (Lipinski definition) is 1. The summed E-state index contributed by atoms with van der Waals surface area (Å²) < 4.78 is 0. The summed E-state index contributed by atoms with van der Waals surface area (Å²) >= 11 is 0. The third kappa shape index (κ3) is 2.53. The Morgan fingerprint density at radius 3 is 2.88 bits per heavy atom. The van der Waals surface area contributed by atoms with E-state index in [2.05, 4.69) is 28.4 Å². The first-order valence-corrected chi connectivity index (χ1v) is 6.96. The molecule has 0 radical (unpaired) electrons. The first-order valence-electron chi connectivity index (χ1n) is 6.96. The Hall–Kier alpha value is -0.860. The van der Waals surface area contributed by atoms with Gasteiger partial charge in [-0.15, -0.1) is 0 Å². The molecule has 0 aliphatic carbocycles. The molecule has 2 aliphatic rings. The summed E-state index contributed by atoms with van der Waals surface area (Å²) in [6, 6.07) is 6.86. The molecule has 0 saturated carbocycles. The Kier molecular flexibility index (Phi) is 3.44. The maximum absolute atomic E-state index is 3.50. The van der Waals surface area contributed by atoms with Gasteiger partial charge in [-0.1, -0.05) is 24.6 Å². The van der Waals surface area contributed by atoms with Crippen LogP contribution in [0.5, 0.6) is 0 Å². The normalized spacial score (nSPS) is 21.2. The number of nitrogens with zero attached hydrogens (tertiary/aromatic N) is 1. The van der Waals surface area contributed by atoms with Gasteiger partial charge in [0.05, 0.1) is 0 Å². The van der Waals surface area contributed by atoms with Gasteiger partial charge in [0.15, 0.2) is 0 Å². The Morgan fingerprint density at radius 1 is 1.12 bits per heavy atom. The predicted octanol–water partition coefficient (Wildman–Crippen LogP) is 2.32. The van der Waals surface area contributed by atoms with Gasteiger partial charge in [-0.25, -0.2) is 0 Å². The van der Waals surface area contributed by atoms with Crippen molar-refractivity contribution in [1.82, 2.24) is 10.2 Å². The van der Waals surface area contributed by atoms with E-state index in [0.717, 1.165) is 19.6 Å². The summed E-state index contributed by atoms with van der Waals surface area (Å²) in [5, 5.41) is 3.50. The highest BCUT2D eigenvalue weighted by Gasteiger charge is 2.15. The molecule has 17 heavy (non-hydrogen) atoms. The number of benzene rings is 1.